The minimum atomic E-state index is -0.527. The van der Waals surface area contributed by atoms with Crippen LogP contribution in [0.4, 0.5) is 10.5 Å². The number of benzene rings is 1. The Bertz CT molecular complexity index is 483. The fourth-order valence-electron chi connectivity index (χ4n) is 2.08. The number of rotatable bonds is 4. The van der Waals surface area contributed by atoms with Gasteiger partial charge in [0.2, 0.25) is 5.91 Å². The topological polar surface area (TPSA) is 82.7 Å². The Labute approximate surface area is 123 Å². The number of nitrogens with one attached hydrogen (secondary N) is 3. The SMILES string of the molecule is COc1ccc(NC(=O)NC(=O)CN2CCNCC2)cc1. The van der Waals surface area contributed by atoms with Crippen molar-refractivity contribution in [1.82, 2.24) is 15.5 Å². The lowest BCUT2D eigenvalue weighted by Gasteiger charge is -2.26. The van der Waals surface area contributed by atoms with Gasteiger partial charge < -0.3 is 15.4 Å². The molecule has 21 heavy (non-hydrogen) atoms. The van der Waals surface area contributed by atoms with E-state index in [1.807, 2.05) is 4.90 Å². The van der Waals surface area contributed by atoms with Crippen LogP contribution in [-0.2, 0) is 4.79 Å². The number of hydrogen-bond acceptors (Lipinski definition) is 5. The first-order valence-corrected chi connectivity index (χ1v) is 6.85. The van der Waals surface area contributed by atoms with E-state index in [9.17, 15) is 9.59 Å². The van der Waals surface area contributed by atoms with Crippen LogP contribution in [0.5, 0.6) is 5.75 Å². The van der Waals surface area contributed by atoms with Gasteiger partial charge in [0.25, 0.3) is 0 Å². The van der Waals surface area contributed by atoms with E-state index in [4.69, 9.17) is 4.74 Å². The van der Waals surface area contributed by atoms with Crippen LogP contribution in [0, 0.1) is 0 Å². The molecule has 0 bridgehead atoms. The van der Waals surface area contributed by atoms with Gasteiger partial charge in [-0.3, -0.25) is 15.0 Å². The van der Waals surface area contributed by atoms with Crippen molar-refractivity contribution in [2.24, 2.45) is 0 Å². The summed E-state index contributed by atoms with van der Waals surface area (Å²) in [7, 11) is 1.57. The highest BCUT2D eigenvalue weighted by Gasteiger charge is 2.15. The van der Waals surface area contributed by atoms with Gasteiger partial charge in [0.1, 0.15) is 5.75 Å². The van der Waals surface area contributed by atoms with Crippen molar-refractivity contribution in [3.05, 3.63) is 24.3 Å². The maximum atomic E-state index is 11.8. The van der Waals surface area contributed by atoms with Gasteiger partial charge >= 0.3 is 6.03 Å². The van der Waals surface area contributed by atoms with Crippen LogP contribution in [0.25, 0.3) is 0 Å². The number of carbonyl (C=O) groups excluding carboxylic acids is 2. The van der Waals surface area contributed by atoms with Gasteiger partial charge in [-0.2, -0.15) is 0 Å². The highest BCUT2D eigenvalue weighted by molar-refractivity contribution is 6.01. The second-order valence-corrected chi connectivity index (χ2v) is 4.76. The molecule has 0 unspecified atom stereocenters. The van der Waals surface area contributed by atoms with Crippen molar-refractivity contribution in [3.8, 4) is 5.75 Å². The lowest BCUT2D eigenvalue weighted by molar-refractivity contribution is -0.121. The Kier molecular flexibility index (Phi) is 5.53. The second-order valence-electron chi connectivity index (χ2n) is 4.76. The summed E-state index contributed by atoms with van der Waals surface area (Å²) < 4.78 is 5.03. The predicted octanol–water partition coefficient (Wildman–Crippen LogP) is 0.249. The van der Waals surface area contributed by atoms with Crippen LogP contribution < -0.4 is 20.7 Å². The number of hydrogen-bond donors (Lipinski definition) is 3. The van der Waals surface area contributed by atoms with Gasteiger partial charge in [-0.25, -0.2) is 4.79 Å². The zero-order valence-electron chi connectivity index (χ0n) is 12.0. The number of imide groups is 1. The molecule has 114 valence electrons. The summed E-state index contributed by atoms with van der Waals surface area (Å²) in [5.41, 5.74) is 0.600. The molecule has 2 rings (SSSR count). The van der Waals surface area contributed by atoms with Crippen molar-refractivity contribution < 1.29 is 14.3 Å². The largest absolute Gasteiger partial charge is 0.497 e. The summed E-state index contributed by atoms with van der Waals surface area (Å²) in [5.74, 6) is 0.402. The van der Waals surface area contributed by atoms with Gasteiger partial charge in [-0.1, -0.05) is 0 Å². The summed E-state index contributed by atoms with van der Waals surface area (Å²) in [5, 5.41) is 8.13. The normalized spacial score (nSPS) is 15.3. The van der Waals surface area contributed by atoms with E-state index < -0.39 is 6.03 Å². The van der Waals surface area contributed by atoms with Gasteiger partial charge in [-0.15, -0.1) is 0 Å². The average molecular weight is 292 g/mol. The van der Waals surface area contributed by atoms with Crippen LogP contribution in [0.15, 0.2) is 24.3 Å². The zero-order valence-corrected chi connectivity index (χ0v) is 12.0. The van der Waals surface area contributed by atoms with Crippen molar-refractivity contribution in [2.45, 2.75) is 0 Å². The van der Waals surface area contributed by atoms with Crippen LogP contribution in [0.1, 0.15) is 0 Å². The number of anilines is 1. The fraction of sp³-hybridized carbons (Fsp3) is 0.429. The van der Waals surface area contributed by atoms with E-state index in [1.165, 1.54) is 0 Å². The highest BCUT2D eigenvalue weighted by atomic mass is 16.5. The first-order chi connectivity index (χ1) is 10.2. The number of methoxy groups -OCH3 is 1. The van der Waals surface area contributed by atoms with Crippen LogP contribution in [0.2, 0.25) is 0 Å². The zero-order chi connectivity index (χ0) is 15.1. The number of urea groups is 1. The van der Waals surface area contributed by atoms with Crippen molar-refractivity contribution in [2.75, 3.05) is 45.2 Å². The number of carbonyl (C=O) groups is 2. The number of piperazine rings is 1. The van der Waals surface area contributed by atoms with Crippen molar-refractivity contribution in [1.29, 1.82) is 0 Å². The third-order valence-corrected chi connectivity index (χ3v) is 3.18. The smallest absolute Gasteiger partial charge is 0.325 e. The fourth-order valence-corrected chi connectivity index (χ4v) is 2.08. The maximum Gasteiger partial charge on any atom is 0.325 e. The molecule has 1 heterocycles. The maximum absolute atomic E-state index is 11.8. The molecule has 7 heteroatoms. The molecule has 0 radical (unpaired) electrons. The van der Waals surface area contributed by atoms with Gasteiger partial charge in [-0.05, 0) is 24.3 Å². The Balaban J connectivity index is 1.76. The number of ether oxygens (including phenoxy) is 1. The molecule has 7 nitrogen and oxygen atoms in total. The van der Waals surface area contributed by atoms with Crippen molar-refractivity contribution in [3.63, 3.8) is 0 Å². The molecule has 0 saturated carbocycles. The number of nitrogens with zero attached hydrogens (tertiary/aromatic N) is 1. The Morgan fingerprint density at radius 3 is 2.52 bits per heavy atom. The molecule has 0 aliphatic carbocycles. The summed E-state index contributed by atoms with van der Waals surface area (Å²) in [6, 6.07) is 6.36. The van der Waals surface area contributed by atoms with Crippen LogP contribution in [-0.4, -0.2) is 56.7 Å². The molecule has 3 N–H and O–H groups in total. The first-order valence-electron chi connectivity index (χ1n) is 6.85. The molecule has 1 saturated heterocycles. The van der Waals surface area contributed by atoms with E-state index in [2.05, 4.69) is 16.0 Å². The van der Waals surface area contributed by atoms with Gasteiger partial charge in [0.15, 0.2) is 0 Å². The first kappa shape index (κ1) is 15.3. The predicted molar refractivity (Wildman–Crippen MR) is 79.5 cm³/mol. The molecule has 0 atom stereocenters. The molecule has 1 aliphatic rings. The Hall–Kier alpha value is -2.12. The van der Waals surface area contributed by atoms with Crippen LogP contribution in [0.3, 0.4) is 0 Å². The summed E-state index contributed by atoms with van der Waals surface area (Å²) in [6.07, 6.45) is 0. The monoisotopic (exact) mass is 292 g/mol. The molecule has 1 fully saturated rings. The van der Waals surface area contributed by atoms with E-state index in [0.29, 0.717) is 11.4 Å². The summed E-state index contributed by atoms with van der Waals surface area (Å²) in [6.45, 7) is 3.59. The molecule has 0 spiro atoms. The van der Waals surface area contributed by atoms with Gasteiger partial charge in [0, 0.05) is 31.9 Å². The summed E-state index contributed by atoms with van der Waals surface area (Å²) >= 11 is 0. The third kappa shape index (κ3) is 5.05. The standard InChI is InChI=1S/C14H20N4O3/c1-21-12-4-2-11(3-5-12)16-14(20)17-13(19)10-18-8-6-15-7-9-18/h2-5,15H,6-10H2,1H3,(H2,16,17,19,20). The molecular formula is C14H20N4O3. The van der Waals surface area contributed by atoms with E-state index in [0.717, 1.165) is 26.2 Å². The third-order valence-electron chi connectivity index (χ3n) is 3.18. The lowest BCUT2D eigenvalue weighted by atomic mass is 10.3. The minimum Gasteiger partial charge on any atom is -0.497 e. The van der Waals surface area contributed by atoms with Crippen molar-refractivity contribution >= 4 is 17.6 Å². The van der Waals surface area contributed by atoms with E-state index >= 15 is 0 Å². The molecular weight excluding hydrogens is 272 g/mol. The Morgan fingerprint density at radius 2 is 1.90 bits per heavy atom. The average Bonchev–Trinajstić information content (AvgIpc) is 2.48. The molecule has 1 aromatic carbocycles. The quantitative estimate of drug-likeness (QED) is 0.741. The Morgan fingerprint density at radius 1 is 1.24 bits per heavy atom. The van der Waals surface area contributed by atoms with Gasteiger partial charge in [0.05, 0.1) is 13.7 Å². The molecule has 0 aromatic heterocycles. The highest BCUT2D eigenvalue weighted by Crippen LogP contribution is 2.14. The lowest BCUT2D eigenvalue weighted by Crippen LogP contribution is -2.48. The minimum absolute atomic E-state index is 0.234. The van der Waals surface area contributed by atoms with E-state index in [1.54, 1.807) is 31.4 Å². The van der Waals surface area contributed by atoms with Crippen LogP contribution >= 0.6 is 0 Å². The summed E-state index contributed by atoms with van der Waals surface area (Å²) in [4.78, 5) is 25.5. The number of amides is 3. The van der Waals surface area contributed by atoms with E-state index in [-0.39, 0.29) is 12.5 Å². The second kappa shape index (κ2) is 7.61. The molecule has 1 aromatic rings. The molecule has 3 amide bonds. The molecule has 1 aliphatic heterocycles.